The SMILES string of the molecule is OC(Cc1ccc2cccnc2c1)C(F)(F)F. The minimum absolute atomic E-state index is 0.418. The van der Waals surface area contributed by atoms with E-state index in [1.54, 1.807) is 30.5 Å². The summed E-state index contributed by atoms with van der Waals surface area (Å²) in [6, 6.07) is 8.41. The minimum atomic E-state index is -4.58. The van der Waals surface area contributed by atoms with Gasteiger partial charge in [0.2, 0.25) is 0 Å². The van der Waals surface area contributed by atoms with Crippen LogP contribution in [-0.2, 0) is 6.42 Å². The molecule has 2 rings (SSSR count). The Morgan fingerprint density at radius 2 is 2.00 bits per heavy atom. The number of aromatic nitrogens is 1. The summed E-state index contributed by atoms with van der Waals surface area (Å²) in [6.07, 6.45) is -5.79. The zero-order valence-electron chi connectivity index (χ0n) is 8.78. The molecule has 0 spiro atoms. The van der Waals surface area contributed by atoms with Gasteiger partial charge in [0.05, 0.1) is 5.52 Å². The molecule has 0 fully saturated rings. The second kappa shape index (κ2) is 4.33. The molecule has 1 N–H and O–H groups in total. The van der Waals surface area contributed by atoms with Crippen molar-refractivity contribution in [1.82, 2.24) is 4.98 Å². The first-order valence-electron chi connectivity index (χ1n) is 5.05. The van der Waals surface area contributed by atoms with Crippen molar-refractivity contribution in [3.63, 3.8) is 0 Å². The first-order chi connectivity index (χ1) is 7.97. The van der Waals surface area contributed by atoms with Gasteiger partial charge in [0.15, 0.2) is 6.10 Å². The van der Waals surface area contributed by atoms with E-state index in [2.05, 4.69) is 4.98 Å². The summed E-state index contributed by atoms with van der Waals surface area (Å²) in [4.78, 5) is 4.05. The van der Waals surface area contributed by atoms with Gasteiger partial charge in [0.25, 0.3) is 0 Å². The Balaban J connectivity index is 2.25. The molecule has 0 radical (unpaired) electrons. The van der Waals surface area contributed by atoms with Crippen LogP contribution in [0.3, 0.4) is 0 Å². The number of hydrogen-bond donors (Lipinski definition) is 1. The van der Waals surface area contributed by atoms with Crippen molar-refractivity contribution < 1.29 is 18.3 Å². The highest BCUT2D eigenvalue weighted by molar-refractivity contribution is 5.78. The maximum atomic E-state index is 12.2. The molecule has 17 heavy (non-hydrogen) atoms. The highest BCUT2D eigenvalue weighted by atomic mass is 19.4. The molecule has 1 unspecified atom stereocenters. The molecule has 0 bridgehead atoms. The van der Waals surface area contributed by atoms with E-state index < -0.39 is 18.7 Å². The Hall–Kier alpha value is -1.62. The zero-order chi connectivity index (χ0) is 12.5. The van der Waals surface area contributed by atoms with Gasteiger partial charge in [-0.2, -0.15) is 13.2 Å². The van der Waals surface area contributed by atoms with Crippen molar-refractivity contribution in [2.45, 2.75) is 18.7 Å². The van der Waals surface area contributed by atoms with Gasteiger partial charge in [-0.3, -0.25) is 4.98 Å². The second-order valence-corrected chi connectivity index (χ2v) is 3.79. The van der Waals surface area contributed by atoms with Crippen molar-refractivity contribution in [3.8, 4) is 0 Å². The molecular weight excluding hydrogens is 231 g/mol. The molecule has 5 heteroatoms. The number of benzene rings is 1. The summed E-state index contributed by atoms with van der Waals surface area (Å²) in [5, 5.41) is 9.82. The lowest BCUT2D eigenvalue weighted by Crippen LogP contribution is -2.30. The average Bonchev–Trinajstić information content (AvgIpc) is 2.27. The molecule has 1 aromatic carbocycles. The van der Waals surface area contributed by atoms with Gasteiger partial charge in [0, 0.05) is 18.0 Å². The maximum absolute atomic E-state index is 12.2. The van der Waals surface area contributed by atoms with Crippen LogP contribution in [0.25, 0.3) is 10.9 Å². The van der Waals surface area contributed by atoms with Crippen LogP contribution >= 0.6 is 0 Å². The molecule has 0 saturated carbocycles. The largest absolute Gasteiger partial charge is 0.414 e. The van der Waals surface area contributed by atoms with E-state index in [4.69, 9.17) is 5.11 Å². The number of pyridine rings is 1. The van der Waals surface area contributed by atoms with Crippen molar-refractivity contribution in [3.05, 3.63) is 42.1 Å². The number of aliphatic hydroxyl groups excluding tert-OH is 1. The van der Waals surface area contributed by atoms with E-state index in [1.807, 2.05) is 6.07 Å². The minimum Gasteiger partial charge on any atom is -0.383 e. The highest BCUT2D eigenvalue weighted by Gasteiger charge is 2.37. The fourth-order valence-electron chi connectivity index (χ4n) is 1.58. The Labute approximate surface area is 95.7 Å². The molecule has 1 aromatic heterocycles. The number of alkyl halides is 3. The fraction of sp³-hybridized carbons (Fsp3) is 0.250. The number of aliphatic hydroxyl groups is 1. The number of hydrogen-bond acceptors (Lipinski definition) is 2. The average molecular weight is 241 g/mol. The first kappa shape index (κ1) is 11.9. The van der Waals surface area contributed by atoms with Crippen LogP contribution in [0.5, 0.6) is 0 Å². The van der Waals surface area contributed by atoms with Crippen LogP contribution in [0.2, 0.25) is 0 Å². The molecular formula is C12H10F3NO. The molecule has 0 aliphatic rings. The summed E-state index contributed by atoms with van der Waals surface area (Å²) in [5.74, 6) is 0. The Kier molecular flexibility index (Phi) is 3.02. The highest BCUT2D eigenvalue weighted by Crippen LogP contribution is 2.24. The molecule has 2 aromatic rings. The lowest BCUT2D eigenvalue weighted by Gasteiger charge is -2.14. The number of rotatable bonds is 2. The van der Waals surface area contributed by atoms with Crippen LogP contribution in [0.1, 0.15) is 5.56 Å². The van der Waals surface area contributed by atoms with Gasteiger partial charge in [-0.05, 0) is 17.7 Å². The number of halogens is 3. The lowest BCUT2D eigenvalue weighted by atomic mass is 10.1. The number of fused-ring (bicyclic) bond motifs is 1. The molecule has 0 aliphatic carbocycles. The third-order valence-corrected chi connectivity index (χ3v) is 2.48. The van der Waals surface area contributed by atoms with E-state index in [0.29, 0.717) is 11.1 Å². The van der Waals surface area contributed by atoms with Crippen LogP contribution in [0, 0.1) is 0 Å². The van der Waals surface area contributed by atoms with Gasteiger partial charge < -0.3 is 5.11 Å². The van der Waals surface area contributed by atoms with E-state index in [1.165, 1.54) is 0 Å². The van der Waals surface area contributed by atoms with Gasteiger partial charge in [-0.1, -0.05) is 18.2 Å². The summed E-state index contributed by atoms with van der Waals surface area (Å²) in [6.45, 7) is 0. The fourth-order valence-corrected chi connectivity index (χ4v) is 1.58. The molecule has 1 heterocycles. The number of nitrogens with zero attached hydrogens (tertiary/aromatic N) is 1. The third kappa shape index (κ3) is 2.74. The monoisotopic (exact) mass is 241 g/mol. The van der Waals surface area contributed by atoms with Gasteiger partial charge >= 0.3 is 6.18 Å². The quantitative estimate of drug-likeness (QED) is 0.876. The van der Waals surface area contributed by atoms with Crippen molar-refractivity contribution in [2.75, 3.05) is 0 Å². The standard InChI is InChI=1S/C12H10F3NO/c13-12(14,15)11(17)7-8-3-4-9-2-1-5-16-10(9)6-8/h1-6,11,17H,7H2. The van der Waals surface area contributed by atoms with Crippen LogP contribution < -0.4 is 0 Å². The van der Waals surface area contributed by atoms with Crippen LogP contribution in [-0.4, -0.2) is 22.4 Å². The molecule has 90 valence electrons. The molecule has 2 nitrogen and oxygen atoms in total. The van der Waals surface area contributed by atoms with Crippen molar-refractivity contribution in [2.24, 2.45) is 0 Å². The smallest absolute Gasteiger partial charge is 0.383 e. The molecule has 1 atom stereocenters. The van der Waals surface area contributed by atoms with Crippen LogP contribution in [0.4, 0.5) is 13.2 Å². The van der Waals surface area contributed by atoms with E-state index >= 15 is 0 Å². The first-order valence-corrected chi connectivity index (χ1v) is 5.05. The molecule has 0 aliphatic heterocycles. The Morgan fingerprint density at radius 1 is 1.24 bits per heavy atom. The summed E-state index contributed by atoms with van der Waals surface area (Å²) >= 11 is 0. The van der Waals surface area contributed by atoms with Gasteiger partial charge in [-0.25, -0.2) is 0 Å². The van der Waals surface area contributed by atoms with Gasteiger partial charge in [0.1, 0.15) is 0 Å². The Morgan fingerprint density at radius 3 is 2.71 bits per heavy atom. The Bertz CT molecular complexity index is 524. The van der Waals surface area contributed by atoms with E-state index in [-0.39, 0.29) is 0 Å². The third-order valence-electron chi connectivity index (χ3n) is 2.48. The molecule has 0 amide bonds. The topological polar surface area (TPSA) is 33.1 Å². The lowest BCUT2D eigenvalue weighted by molar-refractivity contribution is -0.203. The maximum Gasteiger partial charge on any atom is 0.414 e. The summed E-state index contributed by atoms with van der Waals surface area (Å²) in [7, 11) is 0. The summed E-state index contributed by atoms with van der Waals surface area (Å²) in [5.41, 5.74) is 1.04. The predicted molar refractivity (Wildman–Crippen MR) is 57.5 cm³/mol. The zero-order valence-corrected chi connectivity index (χ0v) is 8.78. The van der Waals surface area contributed by atoms with E-state index in [9.17, 15) is 13.2 Å². The summed E-state index contributed by atoms with van der Waals surface area (Å²) < 4.78 is 36.5. The predicted octanol–water partition coefficient (Wildman–Crippen LogP) is 2.70. The van der Waals surface area contributed by atoms with E-state index in [0.717, 1.165) is 5.39 Å². The van der Waals surface area contributed by atoms with Crippen LogP contribution in [0.15, 0.2) is 36.5 Å². The van der Waals surface area contributed by atoms with Crippen molar-refractivity contribution >= 4 is 10.9 Å². The molecule has 0 saturated heterocycles. The van der Waals surface area contributed by atoms with Crippen molar-refractivity contribution in [1.29, 1.82) is 0 Å². The van der Waals surface area contributed by atoms with Gasteiger partial charge in [-0.15, -0.1) is 0 Å². The normalized spacial score (nSPS) is 13.9. The second-order valence-electron chi connectivity index (χ2n) is 3.79.